The predicted molar refractivity (Wildman–Crippen MR) is 86.7 cm³/mol. The maximum absolute atomic E-state index is 5.87. The summed E-state index contributed by atoms with van der Waals surface area (Å²) in [7, 11) is 1.65. The van der Waals surface area contributed by atoms with Crippen molar-refractivity contribution in [3.63, 3.8) is 0 Å². The van der Waals surface area contributed by atoms with E-state index in [1.807, 2.05) is 60.8 Å². The van der Waals surface area contributed by atoms with E-state index < -0.39 is 0 Å². The smallest absolute Gasteiger partial charge is 0.219 e. The first-order valence-electron chi connectivity index (χ1n) is 7.02. The fourth-order valence-electron chi connectivity index (χ4n) is 2.48. The zero-order chi connectivity index (χ0) is 14.9. The summed E-state index contributed by atoms with van der Waals surface area (Å²) < 4.78 is 11.1. The Hall–Kier alpha value is -3.01. The molecular weight excluding hydrogens is 276 g/mol. The molecule has 108 valence electrons. The van der Waals surface area contributed by atoms with Gasteiger partial charge >= 0.3 is 0 Å². The van der Waals surface area contributed by atoms with Crippen molar-refractivity contribution in [3.8, 4) is 17.4 Å². The second kappa shape index (κ2) is 5.07. The lowest BCUT2D eigenvalue weighted by Gasteiger charge is -2.07. The van der Waals surface area contributed by atoms with Crippen LogP contribution in [0.4, 0.5) is 0 Å². The van der Waals surface area contributed by atoms with E-state index in [1.54, 1.807) is 7.11 Å². The minimum atomic E-state index is 0.565. The third-order valence-electron chi connectivity index (χ3n) is 3.62. The average molecular weight is 290 g/mol. The van der Waals surface area contributed by atoms with Gasteiger partial charge in [0.2, 0.25) is 5.88 Å². The molecule has 2 heterocycles. The number of benzene rings is 2. The first-order chi connectivity index (χ1) is 10.8. The molecular formula is C18H14N2O2. The summed E-state index contributed by atoms with van der Waals surface area (Å²) in [4.78, 5) is 7.70. The molecule has 2 aromatic carbocycles. The predicted octanol–water partition coefficient (Wildman–Crippen LogP) is 4.52. The van der Waals surface area contributed by atoms with E-state index in [9.17, 15) is 0 Å². The van der Waals surface area contributed by atoms with E-state index in [-0.39, 0.29) is 0 Å². The number of rotatable bonds is 3. The normalized spacial score (nSPS) is 11.0. The zero-order valence-electron chi connectivity index (χ0n) is 12.0. The second-order valence-corrected chi connectivity index (χ2v) is 5.04. The number of hydrogen-bond acceptors (Lipinski definition) is 3. The molecule has 2 aromatic heterocycles. The molecule has 0 amide bonds. The third-order valence-corrected chi connectivity index (χ3v) is 3.62. The zero-order valence-corrected chi connectivity index (χ0v) is 12.0. The van der Waals surface area contributed by atoms with Crippen molar-refractivity contribution >= 4 is 21.8 Å². The molecule has 4 aromatic rings. The van der Waals surface area contributed by atoms with Crippen LogP contribution in [-0.2, 0) is 0 Å². The van der Waals surface area contributed by atoms with Gasteiger partial charge in [0.05, 0.1) is 12.6 Å². The van der Waals surface area contributed by atoms with Gasteiger partial charge in [0.15, 0.2) is 0 Å². The standard InChI is InChI=1S/C18H14N2O2/c1-21-14-4-2-12-3-7-18(20-17(12)11-14)22-15-5-6-16-13(10-15)8-9-19-16/h2-11,19H,1H3. The van der Waals surface area contributed by atoms with Gasteiger partial charge in [-0.1, -0.05) is 0 Å². The fraction of sp³-hybridized carbons (Fsp3) is 0.0556. The summed E-state index contributed by atoms with van der Waals surface area (Å²) in [6, 6.07) is 17.6. The van der Waals surface area contributed by atoms with Crippen LogP contribution in [0.25, 0.3) is 21.8 Å². The first kappa shape index (κ1) is 12.7. The Morgan fingerprint density at radius 1 is 0.864 bits per heavy atom. The van der Waals surface area contributed by atoms with E-state index in [1.165, 1.54) is 0 Å². The number of aromatic nitrogens is 2. The van der Waals surface area contributed by atoms with E-state index >= 15 is 0 Å². The van der Waals surface area contributed by atoms with Crippen LogP contribution < -0.4 is 9.47 Å². The summed E-state index contributed by atoms with van der Waals surface area (Å²) in [5, 5.41) is 2.16. The van der Waals surface area contributed by atoms with Crippen molar-refractivity contribution in [1.29, 1.82) is 0 Å². The quantitative estimate of drug-likeness (QED) is 0.603. The molecule has 0 aliphatic rings. The summed E-state index contributed by atoms with van der Waals surface area (Å²) >= 11 is 0. The van der Waals surface area contributed by atoms with E-state index in [4.69, 9.17) is 9.47 Å². The Morgan fingerprint density at radius 3 is 2.64 bits per heavy atom. The van der Waals surface area contributed by atoms with Gasteiger partial charge in [-0.25, -0.2) is 4.98 Å². The van der Waals surface area contributed by atoms with Crippen molar-refractivity contribution in [2.75, 3.05) is 7.11 Å². The minimum absolute atomic E-state index is 0.565. The summed E-state index contributed by atoms with van der Waals surface area (Å²) in [6.45, 7) is 0. The van der Waals surface area contributed by atoms with Crippen LogP contribution >= 0.6 is 0 Å². The Labute approximate surface area is 127 Å². The highest BCUT2D eigenvalue weighted by atomic mass is 16.5. The number of aromatic amines is 1. The number of hydrogen-bond donors (Lipinski definition) is 1. The van der Waals surface area contributed by atoms with Crippen LogP contribution in [0.3, 0.4) is 0 Å². The third kappa shape index (κ3) is 2.24. The number of pyridine rings is 1. The number of nitrogens with zero attached hydrogens (tertiary/aromatic N) is 1. The molecule has 4 rings (SSSR count). The van der Waals surface area contributed by atoms with Crippen molar-refractivity contribution in [2.24, 2.45) is 0 Å². The van der Waals surface area contributed by atoms with Crippen LogP contribution in [-0.4, -0.2) is 17.1 Å². The molecule has 0 aliphatic carbocycles. The molecule has 4 heteroatoms. The molecule has 4 nitrogen and oxygen atoms in total. The molecule has 0 saturated heterocycles. The first-order valence-corrected chi connectivity index (χ1v) is 7.02. The fourth-order valence-corrected chi connectivity index (χ4v) is 2.48. The van der Waals surface area contributed by atoms with Crippen LogP contribution in [0.5, 0.6) is 17.4 Å². The Bertz CT molecular complexity index is 960. The second-order valence-electron chi connectivity index (χ2n) is 5.04. The molecule has 22 heavy (non-hydrogen) atoms. The number of methoxy groups -OCH3 is 1. The van der Waals surface area contributed by atoms with E-state index in [0.717, 1.165) is 33.3 Å². The molecule has 0 bridgehead atoms. The van der Waals surface area contributed by atoms with Gasteiger partial charge in [-0.05, 0) is 42.5 Å². The highest BCUT2D eigenvalue weighted by Gasteiger charge is 2.04. The maximum Gasteiger partial charge on any atom is 0.219 e. The largest absolute Gasteiger partial charge is 0.497 e. The monoisotopic (exact) mass is 290 g/mol. The van der Waals surface area contributed by atoms with Gasteiger partial charge in [0.1, 0.15) is 11.5 Å². The van der Waals surface area contributed by atoms with Gasteiger partial charge in [0.25, 0.3) is 0 Å². The lowest BCUT2D eigenvalue weighted by molar-refractivity contribution is 0.415. The van der Waals surface area contributed by atoms with E-state index in [2.05, 4.69) is 9.97 Å². The van der Waals surface area contributed by atoms with Crippen molar-refractivity contribution in [1.82, 2.24) is 9.97 Å². The van der Waals surface area contributed by atoms with Crippen LogP contribution in [0.1, 0.15) is 0 Å². The number of H-pyrrole nitrogens is 1. The van der Waals surface area contributed by atoms with Crippen molar-refractivity contribution in [3.05, 3.63) is 60.8 Å². The number of ether oxygens (including phenoxy) is 2. The molecule has 0 aliphatic heterocycles. The number of nitrogens with one attached hydrogen (secondary N) is 1. The summed E-state index contributed by atoms with van der Waals surface area (Å²) in [5.41, 5.74) is 1.93. The molecule has 1 N–H and O–H groups in total. The molecule has 0 atom stereocenters. The molecule has 0 fully saturated rings. The van der Waals surface area contributed by atoms with Crippen molar-refractivity contribution < 1.29 is 9.47 Å². The SMILES string of the molecule is COc1ccc2ccc(Oc3ccc4[nH]ccc4c3)nc2c1. The molecule has 0 spiro atoms. The van der Waals surface area contributed by atoms with Gasteiger partial charge < -0.3 is 14.5 Å². The molecule has 0 unspecified atom stereocenters. The highest BCUT2D eigenvalue weighted by molar-refractivity contribution is 5.82. The Balaban J connectivity index is 1.70. The minimum Gasteiger partial charge on any atom is -0.497 e. The summed E-state index contributed by atoms with van der Waals surface area (Å²) in [5.74, 6) is 2.11. The van der Waals surface area contributed by atoms with Gasteiger partial charge in [-0.15, -0.1) is 0 Å². The van der Waals surface area contributed by atoms with Crippen LogP contribution in [0.2, 0.25) is 0 Å². The lowest BCUT2D eigenvalue weighted by atomic mass is 10.2. The maximum atomic E-state index is 5.87. The summed E-state index contributed by atoms with van der Waals surface area (Å²) in [6.07, 6.45) is 1.91. The molecule has 0 radical (unpaired) electrons. The Kier molecular flexibility index (Phi) is 2.93. The van der Waals surface area contributed by atoms with Gasteiger partial charge in [-0.3, -0.25) is 0 Å². The van der Waals surface area contributed by atoms with Crippen LogP contribution in [0, 0.1) is 0 Å². The number of fused-ring (bicyclic) bond motifs is 2. The van der Waals surface area contributed by atoms with Crippen molar-refractivity contribution in [2.45, 2.75) is 0 Å². The van der Waals surface area contributed by atoms with Gasteiger partial charge in [-0.2, -0.15) is 0 Å². The average Bonchev–Trinajstić information content (AvgIpc) is 3.02. The van der Waals surface area contributed by atoms with Crippen LogP contribution in [0.15, 0.2) is 60.8 Å². The van der Waals surface area contributed by atoms with E-state index in [0.29, 0.717) is 5.88 Å². The Morgan fingerprint density at radius 2 is 1.73 bits per heavy atom. The topological polar surface area (TPSA) is 47.1 Å². The van der Waals surface area contributed by atoms with Gasteiger partial charge in [0, 0.05) is 34.6 Å². The lowest BCUT2D eigenvalue weighted by Crippen LogP contribution is -1.89. The molecule has 0 saturated carbocycles. The highest BCUT2D eigenvalue weighted by Crippen LogP contribution is 2.26.